The standard InChI is InChI=1S/C11H16N2O2/c1-3-11(14)9-5-4-8(7(2)12)6-10(9)13-15/h4-7,9,15H,3,12H2,1-2H3/b13-10+. The van der Waals surface area contributed by atoms with Crippen LogP contribution in [0.5, 0.6) is 0 Å². The summed E-state index contributed by atoms with van der Waals surface area (Å²) < 4.78 is 0. The molecule has 0 radical (unpaired) electrons. The predicted octanol–water partition coefficient (Wildman–Crippen LogP) is 1.26. The van der Waals surface area contributed by atoms with Crippen molar-refractivity contribution in [3.8, 4) is 0 Å². The third-order valence-corrected chi connectivity index (χ3v) is 2.45. The van der Waals surface area contributed by atoms with Crippen LogP contribution >= 0.6 is 0 Å². The molecule has 0 aromatic heterocycles. The van der Waals surface area contributed by atoms with Crippen molar-refractivity contribution in [1.82, 2.24) is 0 Å². The molecule has 3 N–H and O–H groups in total. The third-order valence-electron chi connectivity index (χ3n) is 2.45. The fraction of sp³-hybridized carbons (Fsp3) is 0.455. The molecule has 2 atom stereocenters. The van der Waals surface area contributed by atoms with Gasteiger partial charge in [0, 0.05) is 12.5 Å². The third kappa shape index (κ3) is 2.53. The number of nitrogens with two attached hydrogens (primary N) is 1. The maximum atomic E-state index is 11.5. The lowest BCUT2D eigenvalue weighted by Crippen LogP contribution is -2.26. The maximum Gasteiger partial charge on any atom is 0.145 e. The molecular formula is C11H16N2O2. The van der Waals surface area contributed by atoms with E-state index in [4.69, 9.17) is 10.9 Å². The SMILES string of the molecule is CCC(=O)C1C=CC(C(C)N)=C/C1=N\O. The Morgan fingerprint density at radius 3 is 2.87 bits per heavy atom. The van der Waals surface area contributed by atoms with Gasteiger partial charge in [0.1, 0.15) is 5.78 Å². The first-order valence-electron chi connectivity index (χ1n) is 5.00. The molecule has 4 nitrogen and oxygen atoms in total. The summed E-state index contributed by atoms with van der Waals surface area (Å²) >= 11 is 0. The van der Waals surface area contributed by atoms with Crippen LogP contribution in [0.3, 0.4) is 0 Å². The van der Waals surface area contributed by atoms with Crippen LogP contribution in [0.25, 0.3) is 0 Å². The summed E-state index contributed by atoms with van der Waals surface area (Å²) in [6, 6.07) is -0.129. The number of hydrogen-bond acceptors (Lipinski definition) is 4. The number of nitrogens with zero attached hydrogens (tertiary/aromatic N) is 1. The molecule has 0 spiro atoms. The van der Waals surface area contributed by atoms with Crippen molar-refractivity contribution in [2.75, 3.05) is 0 Å². The van der Waals surface area contributed by atoms with E-state index in [1.54, 1.807) is 19.1 Å². The first-order valence-corrected chi connectivity index (χ1v) is 5.00. The van der Waals surface area contributed by atoms with Gasteiger partial charge in [-0.3, -0.25) is 4.79 Å². The highest BCUT2D eigenvalue weighted by atomic mass is 16.4. The van der Waals surface area contributed by atoms with Crippen LogP contribution in [-0.2, 0) is 4.79 Å². The minimum Gasteiger partial charge on any atom is -0.411 e. The molecule has 82 valence electrons. The highest BCUT2D eigenvalue weighted by Crippen LogP contribution is 2.18. The lowest BCUT2D eigenvalue weighted by molar-refractivity contribution is -0.119. The van der Waals surface area contributed by atoms with Crippen molar-refractivity contribution in [1.29, 1.82) is 0 Å². The Balaban J connectivity index is 2.94. The zero-order chi connectivity index (χ0) is 11.4. The smallest absolute Gasteiger partial charge is 0.145 e. The van der Waals surface area contributed by atoms with E-state index in [-0.39, 0.29) is 11.8 Å². The Morgan fingerprint density at radius 2 is 2.40 bits per heavy atom. The second kappa shape index (κ2) is 4.89. The molecule has 1 aliphatic rings. The molecule has 0 bridgehead atoms. The Morgan fingerprint density at radius 1 is 1.73 bits per heavy atom. The minimum atomic E-state index is -0.428. The molecule has 0 aromatic carbocycles. The Hall–Kier alpha value is -1.42. The van der Waals surface area contributed by atoms with Crippen molar-refractivity contribution in [2.45, 2.75) is 26.3 Å². The van der Waals surface area contributed by atoms with E-state index in [0.717, 1.165) is 5.57 Å². The van der Waals surface area contributed by atoms with Gasteiger partial charge >= 0.3 is 0 Å². The number of allylic oxidation sites excluding steroid dienone is 2. The number of rotatable bonds is 3. The molecule has 0 aromatic rings. The summed E-state index contributed by atoms with van der Waals surface area (Å²) in [4.78, 5) is 11.5. The molecule has 2 unspecified atom stereocenters. The van der Waals surface area contributed by atoms with Crippen LogP contribution in [0.2, 0.25) is 0 Å². The van der Waals surface area contributed by atoms with E-state index in [2.05, 4.69) is 5.16 Å². The van der Waals surface area contributed by atoms with E-state index in [9.17, 15) is 4.79 Å². The molecule has 0 aliphatic heterocycles. The Kier molecular flexibility index (Phi) is 3.80. The van der Waals surface area contributed by atoms with E-state index in [1.807, 2.05) is 13.0 Å². The van der Waals surface area contributed by atoms with Crippen LogP contribution in [0.1, 0.15) is 20.3 Å². The summed E-state index contributed by atoms with van der Waals surface area (Å²) in [6.45, 7) is 3.63. The van der Waals surface area contributed by atoms with Gasteiger partial charge in [-0.25, -0.2) is 0 Å². The van der Waals surface area contributed by atoms with Crippen LogP contribution in [-0.4, -0.2) is 22.7 Å². The van der Waals surface area contributed by atoms with Gasteiger partial charge in [0.2, 0.25) is 0 Å². The van der Waals surface area contributed by atoms with Crippen LogP contribution < -0.4 is 5.73 Å². The molecule has 15 heavy (non-hydrogen) atoms. The zero-order valence-electron chi connectivity index (χ0n) is 8.97. The van der Waals surface area contributed by atoms with Crippen molar-refractivity contribution in [3.63, 3.8) is 0 Å². The Labute approximate surface area is 89.1 Å². The monoisotopic (exact) mass is 208 g/mol. The van der Waals surface area contributed by atoms with Gasteiger partial charge in [-0.1, -0.05) is 24.2 Å². The van der Waals surface area contributed by atoms with E-state index < -0.39 is 5.92 Å². The van der Waals surface area contributed by atoms with Crippen molar-refractivity contribution in [3.05, 3.63) is 23.8 Å². The molecule has 1 aliphatic carbocycles. The first kappa shape index (κ1) is 11.7. The van der Waals surface area contributed by atoms with E-state index in [0.29, 0.717) is 12.1 Å². The van der Waals surface area contributed by atoms with Gasteiger partial charge < -0.3 is 10.9 Å². The highest BCUT2D eigenvalue weighted by molar-refractivity contribution is 6.13. The molecular weight excluding hydrogens is 192 g/mol. The van der Waals surface area contributed by atoms with Gasteiger partial charge in [0.25, 0.3) is 0 Å². The highest BCUT2D eigenvalue weighted by Gasteiger charge is 2.23. The Bertz CT molecular complexity index is 340. The molecule has 4 heteroatoms. The lowest BCUT2D eigenvalue weighted by Gasteiger charge is -2.17. The number of carbonyl (C=O) groups is 1. The molecule has 0 fully saturated rings. The fourth-order valence-electron chi connectivity index (χ4n) is 1.48. The van der Waals surface area contributed by atoms with Crippen molar-refractivity contribution >= 4 is 11.5 Å². The average Bonchev–Trinajstić information content (AvgIpc) is 2.27. The molecule has 0 saturated carbocycles. The quantitative estimate of drug-likeness (QED) is 0.541. The van der Waals surface area contributed by atoms with Gasteiger partial charge in [-0.05, 0) is 18.6 Å². The summed E-state index contributed by atoms with van der Waals surface area (Å²) in [5.41, 5.74) is 6.93. The van der Waals surface area contributed by atoms with Crippen molar-refractivity contribution in [2.24, 2.45) is 16.8 Å². The number of carbonyl (C=O) groups excluding carboxylic acids is 1. The second-order valence-corrected chi connectivity index (χ2v) is 3.61. The zero-order valence-corrected chi connectivity index (χ0v) is 8.97. The van der Waals surface area contributed by atoms with Gasteiger partial charge in [0.15, 0.2) is 0 Å². The first-order chi connectivity index (χ1) is 7.10. The van der Waals surface area contributed by atoms with Gasteiger partial charge in [0.05, 0.1) is 11.6 Å². The topological polar surface area (TPSA) is 75.7 Å². The second-order valence-electron chi connectivity index (χ2n) is 3.61. The van der Waals surface area contributed by atoms with Gasteiger partial charge in [-0.2, -0.15) is 0 Å². The predicted molar refractivity (Wildman–Crippen MR) is 58.9 cm³/mol. The number of Topliss-reactive ketones (excluding diaryl/α,β-unsaturated/α-hetero) is 1. The summed E-state index contributed by atoms with van der Waals surface area (Å²) in [7, 11) is 0. The number of ketones is 1. The molecule has 0 amide bonds. The fourth-order valence-corrected chi connectivity index (χ4v) is 1.48. The molecule has 0 heterocycles. The molecule has 1 rings (SSSR count). The largest absolute Gasteiger partial charge is 0.411 e. The van der Waals surface area contributed by atoms with E-state index >= 15 is 0 Å². The normalized spacial score (nSPS) is 25.1. The van der Waals surface area contributed by atoms with Crippen molar-refractivity contribution < 1.29 is 10.0 Å². The lowest BCUT2D eigenvalue weighted by atomic mass is 9.88. The number of hydrogen-bond donors (Lipinski definition) is 2. The molecule has 0 saturated heterocycles. The van der Waals surface area contributed by atoms with E-state index in [1.165, 1.54) is 0 Å². The summed E-state index contributed by atoms with van der Waals surface area (Å²) in [5, 5.41) is 12.0. The van der Waals surface area contributed by atoms with Crippen LogP contribution in [0.15, 0.2) is 29.0 Å². The van der Waals surface area contributed by atoms with Crippen LogP contribution in [0.4, 0.5) is 0 Å². The average molecular weight is 208 g/mol. The minimum absolute atomic E-state index is 0.0408. The van der Waals surface area contributed by atoms with Gasteiger partial charge in [-0.15, -0.1) is 0 Å². The van der Waals surface area contributed by atoms with Crippen LogP contribution in [0, 0.1) is 5.92 Å². The summed E-state index contributed by atoms with van der Waals surface area (Å²) in [6.07, 6.45) is 5.65. The summed E-state index contributed by atoms with van der Waals surface area (Å²) in [5.74, 6) is -0.387. The number of oxime groups is 1. The maximum absolute atomic E-state index is 11.5.